The molecule has 0 bridgehead atoms. The summed E-state index contributed by atoms with van der Waals surface area (Å²) in [7, 11) is 3.42. The highest BCUT2D eigenvalue weighted by molar-refractivity contribution is 5.93. The van der Waals surface area contributed by atoms with Crippen molar-refractivity contribution in [3.05, 3.63) is 52.7 Å². The Labute approximate surface area is 162 Å². The molecule has 0 aliphatic carbocycles. The number of imidazole rings is 1. The maximum atomic E-state index is 12.6. The van der Waals surface area contributed by atoms with Crippen LogP contribution in [-0.2, 0) is 7.05 Å². The topological polar surface area (TPSA) is 105 Å². The van der Waals surface area contributed by atoms with Crippen molar-refractivity contribution in [3.8, 4) is 0 Å². The third kappa shape index (κ3) is 3.74. The Morgan fingerprint density at radius 1 is 1.32 bits per heavy atom. The zero-order chi connectivity index (χ0) is 20.5. The van der Waals surface area contributed by atoms with E-state index in [1.807, 2.05) is 13.8 Å². The Balaban J connectivity index is 1.93. The minimum atomic E-state index is -0.428. The number of nitrogens with one attached hydrogen (secondary N) is 1. The number of aliphatic hydroxyl groups excluding tert-OH is 1. The van der Waals surface area contributed by atoms with Crippen LogP contribution in [0.5, 0.6) is 0 Å². The lowest BCUT2D eigenvalue weighted by molar-refractivity contribution is 0.0904. The summed E-state index contributed by atoms with van der Waals surface area (Å²) in [6, 6.07) is 6.98. The number of nitrogens with zero attached hydrogens (tertiary/aromatic N) is 5. The number of pyridine rings is 1. The van der Waals surface area contributed by atoms with Crippen molar-refractivity contribution in [2.24, 2.45) is 12.5 Å². The van der Waals surface area contributed by atoms with E-state index in [2.05, 4.69) is 15.4 Å². The molecule has 0 aromatic carbocycles. The van der Waals surface area contributed by atoms with E-state index in [9.17, 15) is 14.7 Å². The number of aromatic nitrogens is 4. The second-order valence-electron chi connectivity index (χ2n) is 7.48. The van der Waals surface area contributed by atoms with Gasteiger partial charge in [0.25, 0.3) is 11.5 Å². The predicted octanol–water partition coefficient (Wildman–Crippen LogP) is 0.944. The predicted molar refractivity (Wildman–Crippen MR) is 106 cm³/mol. The molecule has 0 radical (unpaired) electrons. The fourth-order valence-corrected chi connectivity index (χ4v) is 2.62. The van der Waals surface area contributed by atoms with Gasteiger partial charge in [-0.05, 0) is 24.3 Å². The lowest BCUT2D eigenvalue weighted by Gasteiger charge is -2.21. The van der Waals surface area contributed by atoms with E-state index in [-0.39, 0.29) is 23.8 Å². The van der Waals surface area contributed by atoms with Gasteiger partial charge in [0, 0.05) is 38.9 Å². The summed E-state index contributed by atoms with van der Waals surface area (Å²) in [5, 5.41) is 16.6. The first kappa shape index (κ1) is 19.6. The smallest absolute Gasteiger partial charge is 0.274 e. The van der Waals surface area contributed by atoms with E-state index < -0.39 is 5.41 Å². The molecule has 148 valence electrons. The van der Waals surface area contributed by atoms with Gasteiger partial charge in [-0.15, -0.1) is 5.10 Å². The van der Waals surface area contributed by atoms with E-state index in [1.165, 1.54) is 15.3 Å². The molecule has 3 rings (SSSR count). The van der Waals surface area contributed by atoms with Crippen molar-refractivity contribution in [2.45, 2.75) is 13.8 Å². The van der Waals surface area contributed by atoms with Crippen LogP contribution < -0.4 is 15.8 Å². The van der Waals surface area contributed by atoms with Crippen LogP contribution in [0.3, 0.4) is 0 Å². The second-order valence-corrected chi connectivity index (χ2v) is 7.48. The van der Waals surface area contributed by atoms with E-state index in [4.69, 9.17) is 0 Å². The van der Waals surface area contributed by atoms with Crippen molar-refractivity contribution in [1.29, 1.82) is 0 Å². The van der Waals surface area contributed by atoms with Crippen molar-refractivity contribution in [2.75, 3.05) is 25.1 Å². The average molecular weight is 384 g/mol. The zero-order valence-corrected chi connectivity index (χ0v) is 16.4. The number of aryl methyl sites for hydroxylation is 1. The molecule has 3 aromatic heterocycles. The van der Waals surface area contributed by atoms with E-state index in [1.54, 1.807) is 49.5 Å². The molecule has 28 heavy (non-hydrogen) atoms. The standard InChI is InChI=1S/C19H24N6O3/c1-19(2,12-26)11-21-17(27)14-10-20-15-7-8-16(22-25(14)15)24(4)13-6-5-9-23(3)18(13)28/h5-10,26H,11-12H2,1-4H3,(H,21,27). The highest BCUT2D eigenvalue weighted by atomic mass is 16.3. The molecule has 0 aliphatic rings. The van der Waals surface area contributed by atoms with Crippen molar-refractivity contribution >= 4 is 23.1 Å². The molecule has 0 saturated heterocycles. The van der Waals surface area contributed by atoms with Crippen LogP contribution in [0.4, 0.5) is 11.5 Å². The summed E-state index contributed by atoms with van der Waals surface area (Å²) >= 11 is 0. The molecule has 0 saturated carbocycles. The molecular weight excluding hydrogens is 360 g/mol. The minimum Gasteiger partial charge on any atom is -0.396 e. The first-order valence-corrected chi connectivity index (χ1v) is 8.87. The quantitative estimate of drug-likeness (QED) is 0.656. The molecule has 1 amide bonds. The van der Waals surface area contributed by atoms with Gasteiger partial charge in [-0.3, -0.25) is 9.59 Å². The lowest BCUT2D eigenvalue weighted by Crippen LogP contribution is -2.36. The Hall–Kier alpha value is -3.20. The summed E-state index contributed by atoms with van der Waals surface area (Å²) in [5.74, 6) is 0.162. The van der Waals surface area contributed by atoms with Crippen molar-refractivity contribution < 1.29 is 9.90 Å². The number of hydrogen-bond donors (Lipinski definition) is 2. The summed E-state index contributed by atoms with van der Waals surface area (Å²) in [4.78, 5) is 30.8. The zero-order valence-electron chi connectivity index (χ0n) is 16.4. The molecule has 9 nitrogen and oxygen atoms in total. The number of fused-ring (bicyclic) bond motifs is 1. The number of carbonyl (C=O) groups is 1. The number of aliphatic hydroxyl groups is 1. The van der Waals surface area contributed by atoms with Crippen LogP contribution in [0.2, 0.25) is 0 Å². The average Bonchev–Trinajstić information content (AvgIpc) is 3.11. The van der Waals surface area contributed by atoms with E-state index in [0.29, 0.717) is 23.7 Å². The number of carbonyl (C=O) groups excluding carboxylic acids is 1. The minimum absolute atomic E-state index is 0.0420. The third-order valence-electron chi connectivity index (χ3n) is 4.54. The maximum absolute atomic E-state index is 12.6. The van der Waals surface area contributed by atoms with Gasteiger partial charge in [0.15, 0.2) is 17.2 Å². The molecule has 0 aliphatic heterocycles. The van der Waals surface area contributed by atoms with Gasteiger partial charge < -0.3 is 19.9 Å². The van der Waals surface area contributed by atoms with Gasteiger partial charge in [-0.1, -0.05) is 13.8 Å². The van der Waals surface area contributed by atoms with E-state index >= 15 is 0 Å². The molecule has 2 N–H and O–H groups in total. The number of hydrogen-bond acceptors (Lipinski definition) is 6. The highest BCUT2D eigenvalue weighted by Crippen LogP contribution is 2.19. The first-order valence-electron chi connectivity index (χ1n) is 8.87. The van der Waals surface area contributed by atoms with Crippen molar-refractivity contribution in [3.63, 3.8) is 0 Å². The molecule has 3 heterocycles. The Bertz CT molecular complexity index is 1070. The second kappa shape index (κ2) is 7.43. The molecule has 9 heteroatoms. The Morgan fingerprint density at radius 2 is 2.07 bits per heavy atom. The van der Waals surface area contributed by atoms with Crippen LogP contribution in [0.25, 0.3) is 5.65 Å². The monoisotopic (exact) mass is 384 g/mol. The number of anilines is 2. The van der Waals surface area contributed by atoms with E-state index in [0.717, 1.165) is 0 Å². The summed E-state index contributed by atoms with van der Waals surface area (Å²) in [6.45, 7) is 3.98. The summed E-state index contributed by atoms with van der Waals surface area (Å²) in [5.41, 5.74) is 0.682. The largest absolute Gasteiger partial charge is 0.396 e. The highest BCUT2D eigenvalue weighted by Gasteiger charge is 2.20. The summed E-state index contributed by atoms with van der Waals surface area (Å²) < 4.78 is 2.93. The first-order chi connectivity index (χ1) is 13.2. The van der Waals surface area contributed by atoms with Crippen LogP contribution in [0, 0.1) is 5.41 Å². The van der Waals surface area contributed by atoms with Crippen LogP contribution >= 0.6 is 0 Å². The number of rotatable bonds is 6. The summed E-state index contributed by atoms with van der Waals surface area (Å²) in [6.07, 6.45) is 3.14. The van der Waals surface area contributed by atoms with Crippen LogP contribution in [0.15, 0.2) is 41.5 Å². The molecule has 0 atom stereocenters. The van der Waals surface area contributed by atoms with Crippen LogP contribution in [0.1, 0.15) is 24.3 Å². The van der Waals surface area contributed by atoms with Gasteiger partial charge in [0.2, 0.25) is 0 Å². The fraction of sp³-hybridized carbons (Fsp3) is 0.368. The molecule has 3 aromatic rings. The van der Waals surface area contributed by atoms with Gasteiger partial charge in [-0.2, -0.15) is 0 Å². The maximum Gasteiger partial charge on any atom is 0.274 e. The third-order valence-corrected chi connectivity index (χ3v) is 4.54. The number of amides is 1. The Kier molecular flexibility index (Phi) is 5.19. The SMILES string of the molecule is CN(c1ccc2ncc(C(=O)NCC(C)(C)CO)n2n1)c1cccn(C)c1=O. The van der Waals surface area contributed by atoms with Gasteiger partial charge >= 0.3 is 0 Å². The fourth-order valence-electron chi connectivity index (χ4n) is 2.62. The van der Waals surface area contributed by atoms with Gasteiger partial charge in [0.05, 0.1) is 6.20 Å². The van der Waals surface area contributed by atoms with Gasteiger partial charge in [-0.25, -0.2) is 9.50 Å². The molecule has 0 unspecified atom stereocenters. The van der Waals surface area contributed by atoms with Gasteiger partial charge in [0.1, 0.15) is 5.69 Å². The molecule has 0 fully saturated rings. The Morgan fingerprint density at radius 3 is 2.79 bits per heavy atom. The molecule has 0 spiro atoms. The van der Waals surface area contributed by atoms with Crippen molar-refractivity contribution in [1.82, 2.24) is 24.5 Å². The lowest BCUT2D eigenvalue weighted by atomic mass is 9.95. The molecular formula is C19H24N6O3. The van der Waals surface area contributed by atoms with Crippen LogP contribution in [-0.4, -0.2) is 50.4 Å². The normalized spacial score (nSPS) is 11.6.